The van der Waals surface area contributed by atoms with E-state index in [2.05, 4.69) is 15.0 Å². The van der Waals surface area contributed by atoms with Crippen LogP contribution in [0.4, 0.5) is 18.9 Å². The van der Waals surface area contributed by atoms with E-state index >= 15 is 0 Å². The number of anilines is 1. The van der Waals surface area contributed by atoms with E-state index in [1.807, 2.05) is 26.8 Å². The summed E-state index contributed by atoms with van der Waals surface area (Å²) >= 11 is 0. The normalized spacial score (nSPS) is 17.7. The highest BCUT2D eigenvalue weighted by atomic mass is 32.2. The second-order valence-electron chi connectivity index (χ2n) is 10.3. The van der Waals surface area contributed by atoms with Crippen LogP contribution in [-0.2, 0) is 19.6 Å². The minimum Gasteiger partial charge on any atom is -0.406 e. The second-order valence-corrected chi connectivity index (χ2v) is 12.1. The number of halogens is 3. The molecule has 4 rings (SSSR count). The summed E-state index contributed by atoms with van der Waals surface area (Å²) in [4.78, 5) is 31.0. The molecule has 1 N–H and O–H groups in total. The molecule has 2 heterocycles. The molecule has 0 aromatic heterocycles. The summed E-state index contributed by atoms with van der Waals surface area (Å²) < 4.78 is 69.2. The molecule has 0 atom stereocenters. The largest absolute Gasteiger partial charge is 0.573 e. The molecule has 1 spiro atoms. The fourth-order valence-electron chi connectivity index (χ4n) is 5.03. The SMILES string of the molecule is CC(=O)N(c1ccc(C=CS(=O)(=O)N2CCC3(CC2)N=C(c2cccc(OC(F)(F)F)c2)NC3=O)c(C)c1)C(C)C. The van der Waals surface area contributed by atoms with Crippen LogP contribution in [0.25, 0.3) is 6.08 Å². The third-order valence-corrected chi connectivity index (χ3v) is 8.60. The number of carbonyl (C=O) groups excluding carboxylic acids is 2. The van der Waals surface area contributed by atoms with Crippen LogP contribution in [0, 0.1) is 6.92 Å². The van der Waals surface area contributed by atoms with Crippen molar-refractivity contribution in [2.75, 3.05) is 18.0 Å². The van der Waals surface area contributed by atoms with Crippen molar-refractivity contribution in [1.29, 1.82) is 0 Å². The van der Waals surface area contributed by atoms with Crippen molar-refractivity contribution >= 4 is 39.4 Å². The van der Waals surface area contributed by atoms with Gasteiger partial charge in [0.05, 0.1) is 0 Å². The predicted octanol–water partition coefficient (Wildman–Crippen LogP) is 4.37. The molecule has 2 aliphatic heterocycles. The summed E-state index contributed by atoms with van der Waals surface area (Å²) in [5.41, 5.74) is 1.24. The van der Waals surface area contributed by atoms with Crippen molar-refractivity contribution in [2.24, 2.45) is 4.99 Å². The lowest BCUT2D eigenvalue weighted by molar-refractivity contribution is -0.274. The third kappa shape index (κ3) is 6.79. The maximum Gasteiger partial charge on any atom is 0.573 e. The summed E-state index contributed by atoms with van der Waals surface area (Å²) in [6, 6.07) is 10.5. The summed E-state index contributed by atoms with van der Waals surface area (Å²) in [7, 11) is -3.82. The zero-order valence-electron chi connectivity index (χ0n) is 23.0. The summed E-state index contributed by atoms with van der Waals surface area (Å²) in [5, 5.41) is 3.74. The Morgan fingerprint density at radius 3 is 2.44 bits per heavy atom. The van der Waals surface area contributed by atoms with Gasteiger partial charge in [0.15, 0.2) is 0 Å². The molecule has 2 aliphatic rings. The number of benzene rings is 2. The Hall–Kier alpha value is -3.71. The average molecular weight is 593 g/mol. The van der Waals surface area contributed by atoms with Gasteiger partial charge in [-0.1, -0.05) is 18.2 Å². The van der Waals surface area contributed by atoms with Gasteiger partial charge in [0.1, 0.15) is 17.1 Å². The van der Waals surface area contributed by atoms with E-state index in [0.717, 1.165) is 28.8 Å². The van der Waals surface area contributed by atoms with Gasteiger partial charge in [-0.25, -0.2) is 8.42 Å². The van der Waals surface area contributed by atoms with Gasteiger partial charge in [-0.15, -0.1) is 13.2 Å². The fourth-order valence-corrected chi connectivity index (χ4v) is 6.21. The van der Waals surface area contributed by atoms with Crippen molar-refractivity contribution in [2.45, 2.75) is 58.5 Å². The van der Waals surface area contributed by atoms with Crippen LogP contribution in [0.5, 0.6) is 5.75 Å². The molecule has 0 saturated carbocycles. The highest BCUT2D eigenvalue weighted by Crippen LogP contribution is 2.33. The lowest BCUT2D eigenvalue weighted by Crippen LogP contribution is -2.50. The first-order valence-electron chi connectivity index (χ1n) is 13.0. The van der Waals surface area contributed by atoms with E-state index in [1.54, 1.807) is 17.0 Å². The van der Waals surface area contributed by atoms with E-state index < -0.39 is 33.6 Å². The number of amides is 2. The smallest absolute Gasteiger partial charge is 0.406 e. The number of hydrogen-bond acceptors (Lipinski definition) is 6. The Balaban J connectivity index is 1.45. The molecule has 1 saturated heterocycles. The maximum atomic E-state index is 13.1. The lowest BCUT2D eigenvalue weighted by atomic mass is 9.89. The molecule has 9 nitrogen and oxygen atoms in total. The van der Waals surface area contributed by atoms with Gasteiger partial charge in [-0.2, -0.15) is 4.31 Å². The van der Waals surface area contributed by atoms with E-state index in [1.165, 1.54) is 29.4 Å². The predicted molar refractivity (Wildman–Crippen MR) is 149 cm³/mol. The minimum atomic E-state index is -4.86. The molecule has 220 valence electrons. The molecular formula is C28H31F3N4O5S. The van der Waals surface area contributed by atoms with Gasteiger partial charge >= 0.3 is 6.36 Å². The van der Waals surface area contributed by atoms with Crippen LogP contribution in [0.3, 0.4) is 0 Å². The number of piperidine rings is 1. The van der Waals surface area contributed by atoms with E-state index in [-0.39, 0.29) is 49.3 Å². The molecule has 0 radical (unpaired) electrons. The number of rotatable bonds is 7. The minimum absolute atomic E-state index is 0.0352. The van der Waals surface area contributed by atoms with Crippen molar-refractivity contribution in [3.05, 3.63) is 64.6 Å². The lowest BCUT2D eigenvalue weighted by Gasteiger charge is -2.34. The molecule has 0 unspecified atom stereocenters. The van der Waals surface area contributed by atoms with Gasteiger partial charge in [0.2, 0.25) is 15.9 Å². The summed E-state index contributed by atoms with van der Waals surface area (Å²) in [5.74, 6) is -0.858. The van der Waals surface area contributed by atoms with Crippen molar-refractivity contribution in [3.63, 3.8) is 0 Å². The molecular weight excluding hydrogens is 561 g/mol. The van der Waals surface area contributed by atoms with Crippen LogP contribution >= 0.6 is 0 Å². The first kappa shape index (κ1) is 30.3. The van der Waals surface area contributed by atoms with Crippen molar-refractivity contribution < 1.29 is 35.9 Å². The van der Waals surface area contributed by atoms with Gasteiger partial charge in [-0.3, -0.25) is 14.6 Å². The number of amidine groups is 1. The van der Waals surface area contributed by atoms with Gasteiger partial charge in [-0.05, 0) is 75.1 Å². The van der Waals surface area contributed by atoms with Crippen LogP contribution in [0.2, 0.25) is 0 Å². The molecule has 2 aromatic carbocycles. The zero-order chi connectivity index (χ0) is 30.2. The van der Waals surface area contributed by atoms with Crippen molar-refractivity contribution in [1.82, 2.24) is 9.62 Å². The van der Waals surface area contributed by atoms with Gasteiger partial charge in [0, 0.05) is 42.7 Å². The van der Waals surface area contributed by atoms with E-state index in [9.17, 15) is 31.2 Å². The highest BCUT2D eigenvalue weighted by molar-refractivity contribution is 7.92. The van der Waals surface area contributed by atoms with Crippen LogP contribution in [-0.4, -0.2) is 61.4 Å². The first-order valence-corrected chi connectivity index (χ1v) is 14.5. The molecule has 1 fully saturated rings. The van der Waals surface area contributed by atoms with Crippen LogP contribution in [0.1, 0.15) is 50.3 Å². The molecule has 0 aliphatic carbocycles. The summed E-state index contributed by atoms with van der Waals surface area (Å²) in [6.45, 7) is 7.21. The Kier molecular flexibility index (Phi) is 8.33. The van der Waals surface area contributed by atoms with Crippen LogP contribution in [0.15, 0.2) is 52.9 Å². The fraction of sp³-hybridized carbons (Fsp3) is 0.393. The number of sulfonamides is 1. The Morgan fingerprint density at radius 2 is 1.85 bits per heavy atom. The number of hydrogen-bond donors (Lipinski definition) is 1. The average Bonchev–Trinajstić information content (AvgIpc) is 3.18. The van der Waals surface area contributed by atoms with E-state index in [4.69, 9.17) is 0 Å². The number of carbonyl (C=O) groups is 2. The number of aryl methyl sites for hydroxylation is 1. The topological polar surface area (TPSA) is 108 Å². The number of alkyl halides is 3. The Labute approximate surface area is 236 Å². The van der Waals surface area contributed by atoms with Gasteiger partial charge < -0.3 is 15.0 Å². The number of nitrogens with one attached hydrogen (secondary N) is 1. The Bertz CT molecular complexity index is 1510. The standard InChI is InChI=1S/C28H31F3N4O5S/c1-18(2)35(20(4)36)23-9-8-21(19(3)16-23)10-15-41(38,39)34-13-11-27(12-14-34)26(37)32-25(33-27)22-6-5-7-24(17-22)40-28(29,30)31/h5-10,15-18H,11-14H2,1-4H3,(H,32,33,37). The second kappa shape index (κ2) is 11.3. The monoisotopic (exact) mass is 592 g/mol. The zero-order valence-corrected chi connectivity index (χ0v) is 23.8. The first-order chi connectivity index (χ1) is 19.1. The molecule has 0 bridgehead atoms. The number of ether oxygens (including phenoxy) is 1. The van der Waals surface area contributed by atoms with Gasteiger partial charge in [0.25, 0.3) is 5.91 Å². The number of nitrogens with zero attached hydrogens (tertiary/aromatic N) is 3. The highest BCUT2D eigenvalue weighted by Gasteiger charge is 2.47. The third-order valence-electron chi connectivity index (χ3n) is 7.04. The van der Waals surface area contributed by atoms with E-state index in [0.29, 0.717) is 5.56 Å². The number of aliphatic imine (C=N–C) groups is 1. The summed E-state index contributed by atoms with van der Waals surface area (Å²) in [6.07, 6.45) is -3.14. The molecule has 41 heavy (non-hydrogen) atoms. The molecule has 2 amide bonds. The quantitative estimate of drug-likeness (QED) is 0.514. The Morgan fingerprint density at radius 1 is 1.17 bits per heavy atom. The molecule has 13 heteroatoms. The van der Waals surface area contributed by atoms with Crippen molar-refractivity contribution in [3.8, 4) is 5.75 Å². The molecule has 2 aromatic rings. The van der Waals surface area contributed by atoms with Crippen LogP contribution < -0.4 is 15.0 Å². The maximum absolute atomic E-state index is 13.1.